The quantitative estimate of drug-likeness (QED) is 0.518. The number of hydrogen-bond acceptors (Lipinski definition) is 4. The zero-order valence-electron chi connectivity index (χ0n) is 18.6. The minimum absolute atomic E-state index is 0.0543. The van der Waals surface area contributed by atoms with Crippen LogP contribution in [0, 0.1) is 63.6 Å². The van der Waals surface area contributed by atoms with Crippen LogP contribution >= 0.6 is 0 Å². The molecule has 4 heteroatoms. The number of ether oxygens (including phenoxy) is 2. The zero-order valence-corrected chi connectivity index (χ0v) is 18.6. The van der Waals surface area contributed by atoms with Gasteiger partial charge in [0, 0.05) is 5.92 Å². The molecule has 1 heterocycles. The van der Waals surface area contributed by atoms with Crippen molar-refractivity contribution in [3.63, 3.8) is 0 Å². The van der Waals surface area contributed by atoms with Gasteiger partial charge >= 0.3 is 11.9 Å². The molecule has 0 aromatic carbocycles. The van der Waals surface area contributed by atoms with Gasteiger partial charge in [-0.1, -0.05) is 34.6 Å². The van der Waals surface area contributed by atoms with Gasteiger partial charge in [-0.15, -0.1) is 0 Å². The second kappa shape index (κ2) is 5.40. The van der Waals surface area contributed by atoms with Gasteiger partial charge in [-0.05, 0) is 78.4 Å². The first-order valence-corrected chi connectivity index (χ1v) is 11.9. The van der Waals surface area contributed by atoms with Crippen LogP contribution in [0.3, 0.4) is 0 Å². The molecule has 4 nitrogen and oxygen atoms in total. The predicted molar refractivity (Wildman–Crippen MR) is 108 cm³/mol. The van der Waals surface area contributed by atoms with Crippen LogP contribution in [0.2, 0.25) is 0 Å². The van der Waals surface area contributed by atoms with Gasteiger partial charge in [0.15, 0.2) is 0 Å². The largest absolute Gasteiger partial charge is 0.465 e. The molecule has 5 saturated carbocycles. The summed E-state index contributed by atoms with van der Waals surface area (Å²) in [6.45, 7) is 11.8. The Kier molecular flexibility index (Phi) is 3.48. The maximum atomic E-state index is 13.4. The Labute approximate surface area is 174 Å². The minimum atomic E-state index is -0.294. The Morgan fingerprint density at radius 1 is 1.07 bits per heavy atom. The van der Waals surface area contributed by atoms with Crippen molar-refractivity contribution < 1.29 is 19.1 Å². The summed E-state index contributed by atoms with van der Waals surface area (Å²) in [7, 11) is 0. The van der Waals surface area contributed by atoms with Gasteiger partial charge in [-0.3, -0.25) is 9.59 Å². The fourth-order valence-corrected chi connectivity index (χ4v) is 9.26. The summed E-state index contributed by atoms with van der Waals surface area (Å²) in [5.41, 5.74) is -0.113. The lowest BCUT2D eigenvalue weighted by Crippen LogP contribution is -2.44. The molecule has 29 heavy (non-hydrogen) atoms. The highest BCUT2D eigenvalue weighted by Gasteiger charge is 2.72. The molecule has 10 unspecified atom stereocenters. The highest BCUT2D eigenvalue weighted by molar-refractivity contribution is 5.82. The average molecular weight is 401 g/mol. The summed E-state index contributed by atoms with van der Waals surface area (Å²) >= 11 is 0. The molecule has 6 aliphatic rings. The number of cyclic esters (lactones) is 1. The third-order valence-corrected chi connectivity index (χ3v) is 10.2. The second-order valence-electron chi connectivity index (χ2n) is 13.3. The van der Waals surface area contributed by atoms with Crippen molar-refractivity contribution >= 4 is 11.9 Å². The van der Waals surface area contributed by atoms with Crippen molar-refractivity contribution in [3.05, 3.63) is 0 Å². The Hall–Kier alpha value is -1.06. The van der Waals surface area contributed by atoms with Crippen LogP contribution in [0.4, 0.5) is 0 Å². The van der Waals surface area contributed by atoms with Crippen LogP contribution in [0.5, 0.6) is 0 Å². The lowest BCUT2D eigenvalue weighted by Gasteiger charge is -2.42. The number of carbonyl (C=O) groups is 2. The molecule has 0 radical (unpaired) electrons. The van der Waals surface area contributed by atoms with E-state index in [0.29, 0.717) is 48.0 Å². The average Bonchev–Trinajstić information content (AvgIpc) is 3.20. The van der Waals surface area contributed by atoms with Crippen molar-refractivity contribution in [2.75, 3.05) is 6.61 Å². The molecule has 0 aromatic rings. The van der Waals surface area contributed by atoms with Gasteiger partial charge < -0.3 is 9.47 Å². The molecule has 1 saturated heterocycles. The van der Waals surface area contributed by atoms with E-state index < -0.39 is 0 Å². The second-order valence-corrected chi connectivity index (χ2v) is 13.3. The molecular weight excluding hydrogens is 364 g/mol. The van der Waals surface area contributed by atoms with Crippen LogP contribution < -0.4 is 0 Å². The van der Waals surface area contributed by atoms with Crippen LogP contribution in [-0.2, 0) is 19.1 Å². The number of rotatable bonds is 3. The van der Waals surface area contributed by atoms with Gasteiger partial charge in [0.2, 0.25) is 0 Å². The van der Waals surface area contributed by atoms with E-state index >= 15 is 0 Å². The predicted octanol–water partition coefficient (Wildman–Crippen LogP) is 4.46. The topological polar surface area (TPSA) is 52.6 Å². The Balaban J connectivity index is 1.20. The maximum Gasteiger partial charge on any atom is 0.312 e. The van der Waals surface area contributed by atoms with E-state index in [1.807, 2.05) is 0 Å². The van der Waals surface area contributed by atoms with Gasteiger partial charge in [0.1, 0.15) is 6.10 Å². The summed E-state index contributed by atoms with van der Waals surface area (Å²) in [5, 5.41) is 0. The molecule has 4 bridgehead atoms. The van der Waals surface area contributed by atoms with Crippen LogP contribution in [0.1, 0.15) is 66.7 Å². The first-order valence-electron chi connectivity index (χ1n) is 11.9. The molecular formula is C25H36O4. The first-order chi connectivity index (χ1) is 13.5. The van der Waals surface area contributed by atoms with E-state index in [0.717, 1.165) is 19.3 Å². The van der Waals surface area contributed by atoms with Gasteiger partial charge in [-0.25, -0.2) is 0 Å². The lowest BCUT2D eigenvalue weighted by atomic mass is 9.63. The van der Waals surface area contributed by atoms with E-state index in [1.165, 1.54) is 12.8 Å². The third-order valence-electron chi connectivity index (χ3n) is 10.2. The van der Waals surface area contributed by atoms with Gasteiger partial charge in [0.05, 0.1) is 17.9 Å². The van der Waals surface area contributed by atoms with Gasteiger partial charge in [-0.2, -0.15) is 0 Å². The van der Waals surface area contributed by atoms with Crippen LogP contribution in [0.15, 0.2) is 0 Å². The van der Waals surface area contributed by atoms with E-state index in [1.54, 1.807) is 0 Å². The monoisotopic (exact) mass is 400 g/mol. The van der Waals surface area contributed by atoms with Crippen LogP contribution in [0.25, 0.3) is 0 Å². The smallest absolute Gasteiger partial charge is 0.312 e. The molecule has 5 aliphatic carbocycles. The molecule has 6 fully saturated rings. The summed E-state index contributed by atoms with van der Waals surface area (Å²) in [4.78, 5) is 25.7. The molecule has 6 rings (SSSR count). The molecule has 160 valence electrons. The number of carbonyl (C=O) groups excluding carboxylic acids is 2. The van der Waals surface area contributed by atoms with Crippen LogP contribution in [-0.4, -0.2) is 24.6 Å². The molecule has 0 N–H and O–H groups in total. The molecule has 0 aromatic heterocycles. The summed E-state index contributed by atoms with van der Waals surface area (Å²) in [5.74, 6) is 4.48. The lowest BCUT2D eigenvalue weighted by molar-refractivity contribution is -0.164. The fraction of sp³-hybridized carbons (Fsp3) is 0.920. The Morgan fingerprint density at radius 3 is 2.45 bits per heavy atom. The van der Waals surface area contributed by atoms with Gasteiger partial charge in [0.25, 0.3) is 0 Å². The van der Waals surface area contributed by atoms with E-state index in [4.69, 9.17) is 9.47 Å². The zero-order chi connectivity index (χ0) is 20.5. The molecule has 10 atom stereocenters. The normalized spacial score (nSPS) is 53.0. The minimum Gasteiger partial charge on any atom is -0.465 e. The van der Waals surface area contributed by atoms with Crippen molar-refractivity contribution in [1.29, 1.82) is 0 Å². The molecule has 0 spiro atoms. The van der Waals surface area contributed by atoms with E-state index in [9.17, 15) is 9.59 Å². The summed E-state index contributed by atoms with van der Waals surface area (Å²) in [6, 6.07) is 0. The van der Waals surface area contributed by atoms with E-state index in [-0.39, 0.29) is 40.2 Å². The fourth-order valence-electron chi connectivity index (χ4n) is 9.26. The standard InChI is InChI=1S/C25H36O4/c1-23(2,3)10-25(11-24(25,4)5)22(27)29-17-7-12-6-14(17)19-13-8-15(18(12)19)20-16(13)9-28-21(20)26/h12-20H,6-11H2,1-5H3. The Morgan fingerprint density at radius 2 is 1.79 bits per heavy atom. The molecule has 1 aliphatic heterocycles. The first kappa shape index (κ1) is 18.7. The number of esters is 2. The van der Waals surface area contributed by atoms with Crippen molar-refractivity contribution in [3.8, 4) is 0 Å². The van der Waals surface area contributed by atoms with Crippen molar-refractivity contribution in [1.82, 2.24) is 0 Å². The summed E-state index contributed by atoms with van der Waals surface area (Å²) in [6.07, 6.45) is 5.43. The number of fused-ring (bicyclic) bond motifs is 12. The third kappa shape index (κ3) is 2.32. The van der Waals surface area contributed by atoms with Crippen molar-refractivity contribution in [2.24, 2.45) is 63.6 Å². The summed E-state index contributed by atoms with van der Waals surface area (Å²) < 4.78 is 11.8. The Bertz CT molecular complexity index is 778. The molecule has 0 amide bonds. The van der Waals surface area contributed by atoms with Crippen molar-refractivity contribution in [2.45, 2.75) is 72.8 Å². The van der Waals surface area contributed by atoms with E-state index in [2.05, 4.69) is 34.6 Å². The highest BCUT2D eigenvalue weighted by Crippen LogP contribution is 2.72. The highest BCUT2D eigenvalue weighted by atomic mass is 16.5. The number of hydrogen-bond donors (Lipinski definition) is 0. The maximum absolute atomic E-state index is 13.4. The SMILES string of the molecule is CC(C)(C)CC1(C(=O)OC2CC3CC2C2C4CC(C5C(=O)OCC45)C32)CC1(C)C.